The molecule has 0 saturated heterocycles. The van der Waals surface area contributed by atoms with Crippen molar-refractivity contribution in [2.75, 3.05) is 6.54 Å². The van der Waals surface area contributed by atoms with Crippen LogP contribution in [0.15, 0.2) is 18.2 Å². The lowest BCUT2D eigenvalue weighted by molar-refractivity contribution is -0.121. The Balaban J connectivity index is 1.68. The number of aliphatic hydroxyl groups excluding tert-OH is 1. The van der Waals surface area contributed by atoms with Gasteiger partial charge in [-0.1, -0.05) is 6.07 Å². The zero-order chi connectivity index (χ0) is 15.2. The first-order valence-corrected chi connectivity index (χ1v) is 7.43. The summed E-state index contributed by atoms with van der Waals surface area (Å²) in [5.41, 5.74) is 0.616. The fourth-order valence-corrected chi connectivity index (χ4v) is 2.65. The van der Waals surface area contributed by atoms with Crippen molar-refractivity contribution in [2.24, 2.45) is 5.92 Å². The van der Waals surface area contributed by atoms with Crippen LogP contribution in [0.25, 0.3) is 0 Å². The first-order valence-electron chi connectivity index (χ1n) is 7.43. The molecule has 116 valence electrons. The summed E-state index contributed by atoms with van der Waals surface area (Å²) < 4.78 is 25.8. The quantitative estimate of drug-likeness (QED) is 0.877. The second-order valence-electron chi connectivity index (χ2n) is 5.73. The van der Waals surface area contributed by atoms with Crippen LogP contribution in [0, 0.1) is 17.6 Å². The Morgan fingerprint density at radius 1 is 1.19 bits per heavy atom. The van der Waals surface area contributed by atoms with E-state index in [-0.39, 0.29) is 18.4 Å². The summed E-state index contributed by atoms with van der Waals surface area (Å²) in [4.78, 5) is 11.7. The zero-order valence-corrected chi connectivity index (χ0v) is 11.9. The van der Waals surface area contributed by atoms with E-state index in [0.717, 1.165) is 37.8 Å². The summed E-state index contributed by atoms with van der Waals surface area (Å²) in [7, 11) is 0. The van der Waals surface area contributed by atoms with Gasteiger partial charge in [0.05, 0.1) is 6.10 Å². The van der Waals surface area contributed by atoms with Crippen molar-refractivity contribution >= 4 is 5.91 Å². The normalized spacial score (nSPS) is 22.0. The van der Waals surface area contributed by atoms with E-state index in [1.165, 1.54) is 6.07 Å². The highest BCUT2D eigenvalue weighted by Gasteiger charge is 2.19. The average molecular weight is 297 g/mol. The van der Waals surface area contributed by atoms with Gasteiger partial charge in [-0.25, -0.2) is 8.78 Å². The Morgan fingerprint density at radius 3 is 2.57 bits per heavy atom. The third-order valence-corrected chi connectivity index (χ3v) is 4.03. The number of aliphatic hydroxyl groups is 1. The van der Waals surface area contributed by atoms with Crippen molar-refractivity contribution in [3.8, 4) is 0 Å². The Kier molecular flexibility index (Phi) is 5.67. The molecule has 0 bridgehead atoms. The highest BCUT2D eigenvalue weighted by Crippen LogP contribution is 2.23. The zero-order valence-electron chi connectivity index (χ0n) is 11.9. The second kappa shape index (κ2) is 7.50. The Morgan fingerprint density at radius 2 is 1.90 bits per heavy atom. The Bertz CT molecular complexity index is 485. The maximum absolute atomic E-state index is 13.0. The first kappa shape index (κ1) is 15.9. The summed E-state index contributed by atoms with van der Waals surface area (Å²) in [6, 6.07) is 3.70. The van der Waals surface area contributed by atoms with Crippen LogP contribution in [0.5, 0.6) is 0 Å². The molecule has 2 rings (SSSR count). The molecule has 1 amide bonds. The summed E-state index contributed by atoms with van der Waals surface area (Å²) in [6.45, 7) is 0.628. The average Bonchev–Trinajstić information content (AvgIpc) is 2.48. The molecule has 3 nitrogen and oxygen atoms in total. The topological polar surface area (TPSA) is 49.3 Å². The molecule has 1 aliphatic rings. The molecule has 1 aromatic carbocycles. The molecule has 2 N–H and O–H groups in total. The molecular formula is C16H21F2NO2. The molecule has 0 aliphatic heterocycles. The SMILES string of the molecule is O=C(CCc1ccc(F)c(F)c1)NCC1CCC(O)CC1. The molecule has 1 fully saturated rings. The molecular weight excluding hydrogens is 276 g/mol. The smallest absolute Gasteiger partial charge is 0.220 e. The Hall–Kier alpha value is -1.49. The molecule has 5 heteroatoms. The van der Waals surface area contributed by atoms with Gasteiger partial charge in [0, 0.05) is 13.0 Å². The van der Waals surface area contributed by atoms with E-state index >= 15 is 0 Å². The van der Waals surface area contributed by atoms with Gasteiger partial charge in [0.25, 0.3) is 0 Å². The molecule has 21 heavy (non-hydrogen) atoms. The van der Waals surface area contributed by atoms with E-state index in [0.29, 0.717) is 24.4 Å². The van der Waals surface area contributed by atoms with Crippen molar-refractivity contribution in [1.82, 2.24) is 5.32 Å². The van der Waals surface area contributed by atoms with E-state index in [1.54, 1.807) is 0 Å². The van der Waals surface area contributed by atoms with Gasteiger partial charge in [-0.2, -0.15) is 0 Å². The maximum Gasteiger partial charge on any atom is 0.220 e. The van der Waals surface area contributed by atoms with E-state index < -0.39 is 11.6 Å². The number of aryl methyl sites for hydroxylation is 1. The van der Waals surface area contributed by atoms with Gasteiger partial charge in [-0.15, -0.1) is 0 Å². The molecule has 0 unspecified atom stereocenters. The largest absolute Gasteiger partial charge is 0.393 e. The number of halogens is 2. The predicted molar refractivity (Wildman–Crippen MR) is 75.7 cm³/mol. The molecule has 0 radical (unpaired) electrons. The summed E-state index contributed by atoms with van der Waals surface area (Å²) in [5, 5.41) is 12.3. The number of amides is 1. The molecule has 1 aromatic rings. The molecule has 0 spiro atoms. The summed E-state index contributed by atoms with van der Waals surface area (Å²) in [5.74, 6) is -1.40. The van der Waals surface area contributed by atoms with Crippen LogP contribution >= 0.6 is 0 Å². The van der Waals surface area contributed by atoms with E-state index in [4.69, 9.17) is 0 Å². The molecule has 1 aliphatic carbocycles. The highest BCUT2D eigenvalue weighted by atomic mass is 19.2. The minimum absolute atomic E-state index is 0.0779. The van der Waals surface area contributed by atoms with Crippen molar-refractivity contribution in [2.45, 2.75) is 44.6 Å². The highest BCUT2D eigenvalue weighted by molar-refractivity contribution is 5.76. The van der Waals surface area contributed by atoms with Gasteiger partial charge in [0.15, 0.2) is 11.6 Å². The minimum Gasteiger partial charge on any atom is -0.393 e. The van der Waals surface area contributed by atoms with Crippen molar-refractivity contribution in [3.63, 3.8) is 0 Å². The fraction of sp³-hybridized carbons (Fsp3) is 0.562. The first-order chi connectivity index (χ1) is 10.0. The van der Waals surface area contributed by atoms with Crippen molar-refractivity contribution < 1.29 is 18.7 Å². The van der Waals surface area contributed by atoms with Crippen LogP contribution < -0.4 is 5.32 Å². The van der Waals surface area contributed by atoms with Crippen LogP contribution in [-0.4, -0.2) is 23.7 Å². The van der Waals surface area contributed by atoms with Gasteiger partial charge >= 0.3 is 0 Å². The lowest BCUT2D eigenvalue weighted by atomic mass is 9.87. The molecule has 0 heterocycles. The number of benzene rings is 1. The van der Waals surface area contributed by atoms with Gasteiger partial charge in [-0.3, -0.25) is 4.79 Å². The van der Waals surface area contributed by atoms with Gasteiger partial charge in [0.1, 0.15) is 0 Å². The van der Waals surface area contributed by atoms with Crippen LogP contribution in [0.2, 0.25) is 0 Å². The van der Waals surface area contributed by atoms with Crippen LogP contribution in [0.3, 0.4) is 0 Å². The lowest BCUT2D eigenvalue weighted by Crippen LogP contribution is -2.32. The van der Waals surface area contributed by atoms with Gasteiger partial charge < -0.3 is 10.4 Å². The van der Waals surface area contributed by atoms with Crippen molar-refractivity contribution in [3.05, 3.63) is 35.4 Å². The summed E-state index contributed by atoms with van der Waals surface area (Å²) >= 11 is 0. The second-order valence-corrected chi connectivity index (χ2v) is 5.73. The third-order valence-electron chi connectivity index (χ3n) is 4.03. The van der Waals surface area contributed by atoms with Crippen molar-refractivity contribution in [1.29, 1.82) is 0 Å². The number of rotatable bonds is 5. The fourth-order valence-electron chi connectivity index (χ4n) is 2.65. The van der Waals surface area contributed by atoms with Gasteiger partial charge in [-0.05, 0) is 55.7 Å². The number of hydrogen-bond donors (Lipinski definition) is 2. The monoisotopic (exact) mass is 297 g/mol. The molecule has 0 atom stereocenters. The van der Waals surface area contributed by atoms with Crippen LogP contribution in [0.1, 0.15) is 37.7 Å². The number of carbonyl (C=O) groups excluding carboxylic acids is 1. The van der Waals surface area contributed by atoms with Gasteiger partial charge in [0.2, 0.25) is 5.91 Å². The van der Waals surface area contributed by atoms with Crippen LogP contribution in [-0.2, 0) is 11.2 Å². The minimum atomic E-state index is -0.881. The van der Waals surface area contributed by atoms with Crippen LogP contribution in [0.4, 0.5) is 8.78 Å². The molecule has 0 aromatic heterocycles. The number of hydrogen-bond acceptors (Lipinski definition) is 2. The predicted octanol–water partition coefficient (Wildman–Crippen LogP) is 2.56. The van der Waals surface area contributed by atoms with E-state index in [1.807, 2.05) is 0 Å². The van der Waals surface area contributed by atoms with E-state index in [2.05, 4.69) is 5.32 Å². The third kappa shape index (κ3) is 5.08. The summed E-state index contributed by atoms with van der Waals surface area (Å²) in [6.07, 6.45) is 3.94. The number of nitrogens with one attached hydrogen (secondary N) is 1. The lowest BCUT2D eigenvalue weighted by Gasteiger charge is -2.25. The Labute approximate surface area is 123 Å². The van der Waals surface area contributed by atoms with E-state index in [9.17, 15) is 18.7 Å². The maximum atomic E-state index is 13.0. The standard InChI is InChI=1S/C16H21F2NO2/c17-14-7-3-11(9-15(14)18)4-8-16(21)19-10-12-1-5-13(20)6-2-12/h3,7,9,12-13,20H,1-2,4-6,8,10H2,(H,19,21). The number of carbonyl (C=O) groups is 1. The molecule has 1 saturated carbocycles.